The first kappa shape index (κ1) is 15.7. The van der Waals surface area contributed by atoms with Crippen molar-refractivity contribution >= 4 is 5.91 Å². The molecular weight excluding hydrogens is 306 g/mol. The molecule has 0 atom stereocenters. The zero-order valence-corrected chi connectivity index (χ0v) is 13.2. The van der Waals surface area contributed by atoms with Crippen molar-refractivity contribution < 1.29 is 9.21 Å². The molecule has 6 nitrogen and oxygen atoms in total. The topological polar surface area (TPSA) is 77.1 Å². The average molecular weight is 323 g/mol. The molecule has 2 aromatic heterocycles. The fourth-order valence-corrected chi connectivity index (χ4v) is 2.25. The highest BCUT2D eigenvalue weighted by atomic mass is 16.4. The lowest BCUT2D eigenvalue weighted by Gasteiger charge is -2.04. The predicted octanol–water partition coefficient (Wildman–Crippen LogP) is 2.13. The van der Waals surface area contributed by atoms with Crippen molar-refractivity contribution in [3.8, 4) is 11.3 Å². The van der Waals surface area contributed by atoms with E-state index in [4.69, 9.17) is 4.42 Å². The summed E-state index contributed by atoms with van der Waals surface area (Å²) in [6, 6.07) is 11.3. The first-order valence-electron chi connectivity index (χ1n) is 7.55. The van der Waals surface area contributed by atoms with E-state index in [9.17, 15) is 9.59 Å². The number of nitrogens with zero attached hydrogens (tertiary/aromatic N) is 2. The molecule has 0 spiro atoms. The summed E-state index contributed by atoms with van der Waals surface area (Å²) in [5.41, 5.74) is 2.81. The van der Waals surface area contributed by atoms with E-state index in [2.05, 4.69) is 10.3 Å². The van der Waals surface area contributed by atoms with Gasteiger partial charge in [-0.1, -0.05) is 35.9 Å². The summed E-state index contributed by atoms with van der Waals surface area (Å²) in [6.07, 6.45) is 4.90. The molecule has 0 saturated heterocycles. The number of carbonyl (C=O) groups excluding carboxylic acids is 1. The Morgan fingerprint density at radius 2 is 2.04 bits per heavy atom. The summed E-state index contributed by atoms with van der Waals surface area (Å²) >= 11 is 0. The van der Waals surface area contributed by atoms with Gasteiger partial charge in [-0.3, -0.25) is 14.3 Å². The molecule has 0 aliphatic carbocycles. The highest BCUT2D eigenvalue weighted by Crippen LogP contribution is 2.18. The van der Waals surface area contributed by atoms with E-state index in [1.165, 1.54) is 4.57 Å². The van der Waals surface area contributed by atoms with Gasteiger partial charge < -0.3 is 9.73 Å². The number of hydrogen-bond donors (Lipinski definition) is 1. The van der Waals surface area contributed by atoms with Crippen molar-refractivity contribution in [1.29, 1.82) is 0 Å². The second kappa shape index (κ2) is 6.95. The molecular formula is C18H17N3O3. The van der Waals surface area contributed by atoms with Crippen molar-refractivity contribution in [2.45, 2.75) is 20.0 Å². The van der Waals surface area contributed by atoms with E-state index >= 15 is 0 Å². The lowest BCUT2D eigenvalue weighted by molar-refractivity contribution is -0.121. The monoisotopic (exact) mass is 323 g/mol. The molecule has 3 aromatic rings. The summed E-state index contributed by atoms with van der Waals surface area (Å²) in [7, 11) is 0. The van der Waals surface area contributed by atoms with Crippen LogP contribution in [0.25, 0.3) is 11.3 Å². The summed E-state index contributed by atoms with van der Waals surface area (Å²) in [5.74, 6) is -0.376. The molecule has 122 valence electrons. The molecule has 0 aliphatic rings. The van der Waals surface area contributed by atoms with Crippen LogP contribution in [0.2, 0.25) is 0 Å². The number of benzene rings is 1. The van der Waals surface area contributed by atoms with Gasteiger partial charge in [0.05, 0.1) is 6.20 Å². The van der Waals surface area contributed by atoms with Crippen LogP contribution >= 0.6 is 0 Å². The van der Waals surface area contributed by atoms with E-state index in [-0.39, 0.29) is 12.5 Å². The standard InChI is InChI=1S/C18H17N3O3/c1-13-4-6-15(7-5-13)16-11-21(18(23)24-16)12-17(22)20-10-14-3-2-8-19-9-14/h2-9,11H,10,12H2,1H3,(H,20,22). The van der Waals surface area contributed by atoms with E-state index in [0.29, 0.717) is 12.3 Å². The Morgan fingerprint density at radius 1 is 1.25 bits per heavy atom. The van der Waals surface area contributed by atoms with Gasteiger partial charge in [-0.25, -0.2) is 4.79 Å². The van der Waals surface area contributed by atoms with Gasteiger partial charge in [0.25, 0.3) is 0 Å². The molecule has 24 heavy (non-hydrogen) atoms. The van der Waals surface area contributed by atoms with Crippen LogP contribution in [0.1, 0.15) is 11.1 Å². The number of oxazole rings is 1. The molecule has 6 heteroatoms. The Labute approximate surface area is 138 Å². The van der Waals surface area contributed by atoms with Gasteiger partial charge in [-0.2, -0.15) is 0 Å². The second-order valence-electron chi connectivity index (χ2n) is 5.49. The first-order valence-corrected chi connectivity index (χ1v) is 7.55. The van der Waals surface area contributed by atoms with Crippen LogP contribution in [0, 0.1) is 6.92 Å². The van der Waals surface area contributed by atoms with Crippen LogP contribution in [0.4, 0.5) is 0 Å². The van der Waals surface area contributed by atoms with Crippen LogP contribution in [-0.2, 0) is 17.9 Å². The van der Waals surface area contributed by atoms with E-state index in [0.717, 1.165) is 16.7 Å². The smallest absolute Gasteiger partial charge is 0.408 e. The molecule has 3 rings (SSSR count). The fraction of sp³-hybridized carbons (Fsp3) is 0.167. The maximum absolute atomic E-state index is 12.0. The SMILES string of the molecule is Cc1ccc(-c2cn(CC(=O)NCc3cccnc3)c(=O)o2)cc1. The van der Waals surface area contributed by atoms with Gasteiger partial charge in [0.2, 0.25) is 5.91 Å². The summed E-state index contributed by atoms with van der Waals surface area (Å²) in [4.78, 5) is 27.9. The fourth-order valence-electron chi connectivity index (χ4n) is 2.25. The van der Waals surface area contributed by atoms with E-state index in [1.54, 1.807) is 24.7 Å². The molecule has 0 radical (unpaired) electrons. The van der Waals surface area contributed by atoms with E-state index < -0.39 is 5.76 Å². The average Bonchev–Trinajstić information content (AvgIpc) is 2.95. The minimum Gasteiger partial charge on any atom is -0.408 e. The number of nitrogens with one attached hydrogen (secondary N) is 1. The number of carbonyl (C=O) groups is 1. The van der Waals surface area contributed by atoms with Gasteiger partial charge in [-0.15, -0.1) is 0 Å². The summed E-state index contributed by atoms with van der Waals surface area (Å²) in [5, 5.41) is 2.75. The third kappa shape index (κ3) is 3.78. The summed E-state index contributed by atoms with van der Waals surface area (Å²) < 4.78 is 6.48. The van der Waals surface area contributed by atoms with Gasteiger partial charge in [-0.05, 0) is 18.6 Å². The highest BCUT2D eigenvalue weighted by Gasteiger charge is 2.11. The highest BCUT2D eigenvalue weighted by molar-refractivity contribution is 5.75. The first-order chi connectivity index (χ1) is 11.6. The van der Waals surface area contributed by atoms with Crippen LogP contribution < -0.4 is 11.1 Å². The zero-order chi connectivity index (χ0) is 16.9. The van der Waals surface area contributed by atoms with Crippen molar-refractivity contribution in [3.05, 3.63) is 76.7 Å². The van der Waals surface area contributed by atoms with Crippen LogP contribution in [-0.4, -0.2) is 15.5 Å². The molecule has 0 unspecified atom stereocenters. The Hall–Kier alpha value is -3.15. The Balaban J connectivity index is 1.66. The third-order valence-electron chi connectivity index (χ3n) is 3.57. The molecule has 1 N–H and O–H groups in total. The zero-order valence-electron chi connectivity index (χ0n) is 13.2. The minimum atomic E-state index is -0.554. The van der Waals surface area contributed by atoms with E-state index in [1.807, 2.05) is 37.3 Å². The largest absolute Gasteiger partial charge is 0.419 e. The molecule has 1 amide bonds. The van der Waals surface area contributed by atoms with Crippen LogP contribution in [0.3, 0.4) is 0 Å². The van der Waals surface area contributed by atoms with Crippen LogP contribution in [0.5, 0.6) is 0 Å². The predicted molar refractivity (Wildman–Crippen MR) is 89.2 cm³/mol. The van der Waals surface area contributed by atoms with Crippen molar-refractivity contribution in [1.82, 2.24) is 14.9 Å². The lowest BCUT2D eigenvalue weighted by atomic mass is 10.1. The maximum Gasteiger partial charge on any atom is 0.419 e. The normalized spacial score (nSPS) is 10.5. The minimum absolute atomic E-state index is 0.0888. The molecule has 2 heterocycles. The Bertz CT molecular complexity index is 880. The van der Waals surface area contributed by atoms with Gasteiger partial charge in [0.15, 0.2) is 5.76 Å². The molecule has 0 saturated carbocycles. The molecule has 0 aliphatic heterocycles. The third-order valence-corrected chi connectivity index (χ3v) is 3.57. The number of hydrogen-bond acceptors (Lipinski definition) is 4. The Kier molecular flexibility index (Phi) is 4.56. The number of amides is 1. The molecule has 1 aromatic carbocycles. The van der Waals surface area contributed by atoms with Crippen molar-refractivity contribution in [3.63, 3.8) is 0 Å². The van der Waals surface area contributed by atoms with Gasteiger partial charge in [0, 0.05) is 24.5 Å². The number of rotatable bonds is 5. The summed E-state index contributed by atoms with van der Waals surface area (Å²) in [6.45, 7) is 2.26. The second-order valence-corrected chi connectivity index (χ2v) is 5.49. The van der Waals surface area contributed by atoms with Gasteiger partial charge >= 0.3 is 5.76 Å². The number of pyridine rings is 1. The maximum atomic E-state index is 12.0. The van der Waals surface area contributed by atoms with Crippen molar-refractivity contribution in [2.75, 3.05) is 0 Å². The van der Waals surface area contributed by atoms with Crippen LogP contribution in [0.15, 0.2) is 64.2 Å². The quantitative estimate of drug-likeness (QED) is 0.780. The lowest BCUT2D eigenvalue weighted by Crippen LogP contribution is -2.30. The number of aromatic nitrogens is 2. The van der Waals surface area contributed by atoms with Gasteiger partial charge in [0.1, 0.15) is 6.54 Å². The Morgan fingerprint density at radius 3 is 2.75 bits per heavy atom. The number of aryl methyl sites for hydroxylation is 1. The molecule has 0 fully saturated rings. The van der Waals surface area contributed by atoms with Crippen molar-refractivity contribution in [2.24, 2.45) is 0 Å². The molecule has 0 bridgehead atoms.